The Labute approximate surface area is 437 Å². The van der Waals surface area contributed by atoms with Gasteiger partial charge in [0.2, 0.25) is 11.8 Å². The van der Waals surface area contributed by atoms with Crippen molar-refractivity contribution in [3.8, 4) is 0 Å². The van der Waals surface area contributed by atoms with Crippen molar-refractivity contribution in [3.63, 3.8) is 0 Å². The number of amides is 2. The maximum absolute atomic E-state index is 12.8. The fourth-order valence-corrected chi connectivity index (χ4v) is 11.5. The number of aromatic nitrogens is 4. The first-order valence-corrected chi connectivity index (χ1v) is 31.0. The van der Waals surface area contributed by atoms with Crippen LogP contribution in [0.4, 0.5) is 5.82 Å². The Bertz CT molecular complexity index is 2190. The number of hydrogen-bond acceptors (Lipinski definition) is 19. The quantitative estimate of drug-likeness (QED) is 0.0196. The molecule has 2 aromatic rings. The number of anilines is 1. The van der Waals surface area contributed by atoms with Gasteiger partial charge in [0.05, 0.1) is 26.0 Å². The number of Topliss-reactive ketones (excluding diaryl/α,β-unsaturated/α-hetero) is 1. The number of hydrogen-bond donors (Lipinski definition) is 9. The molecule has 2 aromatic heterocycles. The third-order valence-corrected chi connectivity index (χ3v) is 16.1. The van der Waals surface area contributed by atoms with Gasteiger partial charge in [0.15, 0.2) is 22.8 Å². The Hall–Kier alpha value is -2.77. The molecule has 0 saturated carbocycles. The number of thioether (sulfide) groups is 1. The minimum absolute atomic E-state index is 0.0270. The number of unbranched alkanes of at least 4 members (excludes halogenated alkanes) is 18. The molecule has 3 heterocycles. The molecule has 1 aliphatic heterocycles. The zero-order valence-corrected chi connectivity index (χ0v) is 46.3. The fourth-order valence-electron chi connectivity index (χ4n) is 8.00. The van der Waals surface area contributed by atoms with Crippen LogP contribution < -0.4 is 16.4 Å². The van der Waals surface area contributed by atoms with E-state index >= 15 is 0 Å². The van der Waals surface area contributed by atoms with Gasteiger partial charge >= 0.3 is 23.5 Å². The monoisotopic (exact) mass is 1130 g/mol. The maximum Gasteiger partial charge on any atom is 0.481 e. The molecule has 1 saturated heterocycles. The van der Waals surface area contributed by atoms with Crippen molar-refractivity contribution in [3.05, 3.63) is 12.7 Å². The zero-order valence-electron chi connectivity index (χ0n) is 42.8. The van der Waals surface area contributed by atoms with E-state index in [9.17, 15) is 62.7 Å². The molecule has 74 heavy (non-hydrogen) atoms. The lowest BCUT2D eigenvalue weighted by Crippen LogP contribution is -2.46. The first-order valence-electron chi connectivity index (χ1n) is 25.5. The summed E-state index contributed by atoms with van der Waals surface area (Å²) >= 11 is 0.944. The normalized spacial score (nSPS) is 19.3. The predicted octanol–water partition coefficient (Wildman–Crippen LogP) is 6.45. The molecule has 2 amide bonds. The Morgan fingerprint density at radius 1 is 0.797 bits per heavy atom. The Kier molecular flexibility index (Phi) is 29.7. The number of nitrogen functional groups attached to an aromatic ring is 1. The first-order chi connectivity index (χ1) is 34.9. The second-order valence-corrected chi connectivity index (χ2v) is 24.5. The van der Waals surface area contributed by atoms with Crippen molar-refractivity contribution < 1.29 is 85.3 Å². The van der Waals surface area contributed by atoms with E-state index in [0.29, 0.717) is 6.42 Å². The number of phosphoric ester groups is 3. The van der Waals surface area contributed by atoms with Crippen molar-refractivity contribution in [2.24, 2.45) is 5.41 Å². The van der Waals surface area contributed by atoms with E-state index in [1.54, 1.807) is 0 Å². The van der Waals surface area contributed by atoms with Crippen LogP contribution in [0.25, 0.3) is 11.2 Å². The SMILES string of the molecule is CCCCCCCCCCCCCCCCCCCCCC(=O)CC(=O)SCCNC(=O)CCNC(=O)[C@H](O)C(C)(C)COP(=O)(O)OP(=O)(O)OC[C@H]1O[C@@H](n2cnc3c(N)ncnc32)[C@H](O)[C@@H]1OP(=O)(O)O. The highest BCUT2D eigenvalue weighted by Gasteiger charge is 2.50. The van der Waals surface area contributed by atoms with Gasteiger partial charge in [0, 0.05) is 37.1 Å². The molecule has 2 unspecified atom stereocenters. The molecule has 1 aliphatic rings. The topological polar surface area (TPSA) is 381 Å². The molecule has 3 rings (SSSR count). The number of carbonyl (C=O) groups is 4. The summed E-state index contributed by atoms with van der Waals surface area (Å²) in [7, 11) is -16.5. The molecule has 25 nitrogen and oxygen atoms in total. The molecule has 424 valence electrons. The van der Waals surface area contributed by atoms with Crippen LogP contribution in [0.1, 0.15) is 168 Å². The lowest BCUT2D eigenvalue weighted by atomic mass is 9.87. The number of nitrogens with one attached hydrogen (secondary N) is 2. The first kappa shape index (κ1) is 65.5. The number of imidazole rings is 1. The Balaban J connectivity index is 1.24. The molecule has 29 heteroatoms. The number of aliphatic hydroxyl groups excluding tert-OH is 2. The molecule has 0 spiro atoms. The van der Waals surface area contributed by atoms with Crippen molar-refractivity contribution in [2.75, 3.05) is 37.8 Å². The third kappa shape index (κ3) is 25.6. The summed E-state index contributed by atoms with van der Waals surface area (Å²) < 4.78 is 62.5. The Morgan fingerprint density at radius 3 is 1.92 bits per heavy atom. The Morgan fingerprint density at radius 2 is 1.35 bits per heavy atom. The minimum atomic E-state index is -5.59. The van der Waals surface area contributed by atoms with Crippen LogP contribution in [0.15, 0.2) is 12.7 Å². The number of nitrogens with two attached hydrogens (primary N) is 1. The number of carbonyl (C=O) groups excluding carboxylic acids is 4. The number of fused-ring (bicyclic) bond motifs is 1. The van der Waals surface area contributed by atoms with Crippen molar-refractivity contribution in [2.45, 2.75) is 193 Å². The zero-order chi connectivity index (χ0) is 54.8. The van der Waals surface area contributed by atoms with Crippen LogP contribution in [0.5, 0.6) is 0 Å². The van der Waals surface area contributed by atoms with Gasteiger partial charge in [-0.05, 0) is 6.42 Å². The van der Waals surface area contributed by atoms with Gasteiger partial charge < -0.3 is 50.9 Å². The predicted molar refractivity (Wildman–Crippen MR) is 275 cm³/mol. The minimum Gasteiger partial charge on any atom is -0.386 e. The molecule has 0 aliphatic carbocycles. The van der Waals surface area contributed by atoms with Crippen LogP contribution in [0, 0.1) is 5.41 Å². The molecule has 7 atom stereocenters. The number of aliphatic hydroxyl groups is 2. The van der Waals surface area contributed by atoms with Gasteiger partial charge in [-0.25, -0.2) is 28.6 Å². The molecule has 1 fully saturated rings. The molecule has 10 N–H and O–H groups in total. The van der Waals surface area contributed by atoms with Crippen LogP contribution in [-0.4, -0.2) is 128 Å². The van der Waals surface area contributed by atoms with Crippen molar-refractivity contribution in [1.82, 2.24) is 30.2 Å². The summed E-state index contributed by atoms with van der Waals surface area (Å²) in [6.07, 6.45) is 17.2. The number of ether oxygens (including phenoxy) is 1. The summed E-state index contributed by atoms with van der Waals surface area (Å²) in [5, 5.41) is 26.3. The van der Waals surface area contributed by atoms with Gasteiger partial charge in [0.25, 0.3) is 0 Å². The van der Waals surface area contributed by atoms with E-state index in [-0.39, 0.29) is 59.6 Å². The van der Waals surface area contributed by atoms with E-state index in [1.165, 1.54) is 110 Å². The highest BCUT2D eigenvalue weighted by atomic mass is 32.2. The van der Waals surface area contributed by atoms with Crippen molar-refractivity contribution >= 4 is 74.9 Å². The van der Waals surface area contributed by atoms with Crippen LogP contribution >= 0.6 is 35.2 Å². The van der Waals surface area contributed by atoms with Gasteiger partial charge in [0.1, 0.15) is 42.0 Å². The van der Waals surface area contributed by atoms with Gasteiger partial charge in [-0.1, -0.05) is 148 Å². The summed E-state index contributed by atoms with van der Waals surface area (Å²) in [4.78, 5) is 101. The van der Waals surface area contributed by atoms with E-state index in [4.69, 9.17) is 19.5 Å². The maximum atomic E-state index is 12.8. The summed E-state index contributed by atoms with van der Waals surface area (Å²) in [6, 6.07) is 0. The van der Waals surface area contributed by atoms with Gasteiger partial charge in [-0.3, -0.25) is 37.3 Å². The van der Waals surface area contributed by atoms with Crippen LogP contribution in [0.3, 0.4) is 0 Å². The highest BCUT2D eigenvalue weighted by molar-refractivity contribution is 8.13. The summed E-state index contributed by atoms with van der Waals surface area (Å²) in [5.74, 6) is -1.38. The van der Waals surface area contributed by atoms with Gasteiger partial charge in [-0.2, -0.15) is 4.31 Å². The molecular formula is C45H80N7O18P3S. The van der Waals surface area contributed by atoms with E-state index in [1.807, 2.05) is 0 Å². The molecular weight excluding hydrogens is 1050 g/mol. The second-order valence-electron chi connectivity index (χ2n) is 19.1. The number of phosphoric acid groups is 3. The standard InChI is InChI=1S/C45H80N7O18P3S/c1-4-5-6-7-8-9-10-11-12-13-14-15-16-17-18-19-20-21-22-23-33(53)28-36(55)74-27-26-47-35(54)24-25-48-43(58)40(57)45(2,3)30-67-73(64,65)70-72(62,63)66-29-34-39(69-71(59,60)61)38(56)44(68-34)52-32-51-37-41(46)49-31-50-42(37)52/h31-32,34,38-40,44,56-57H,4-30H2,1-3H3,(H,47,54)(H,48,58)(H,62,63)(H,64,65)(H2,46,49,50)(H2,59,60,61)/t34-,38-,39-,40+,44-/m1/s1. The van der Waals surface area contributed by atoms with E-state index in [2.05, 4.69) is 41.3 Å². The van der Waals surface area contributed by atoms with Crippen LogP contribution in [0.2, 0.25) is 0 Å². The summed E-state index contributed by atoms with van der Waals surface area (Å²) in [6.45, 7) is 2.61. The number of rotatable bonds is 41. The van der Waals surface area contributed by atoms with Crippen LogP contribution in [-0.2, 0) is 55.5 Å². The van der Waals surface area contributed by atoms with Crippen molar-refractivity contribution in [1.29, 1.82) is 0 Å². The number of ketones is 1. The highest BCUT2D eigenvalue weighted by Crippen LogP contribution is 2.61. The second kappa shape index (κ2) is 33.5. The molecule has 0 radical (unpaired) electrons. The molecule has 0 bridgehead atoms. The largest absolute Gasteiger partial charge is 0.481 e. The third-order valence-electron chi connectivity index (χ3n) is 12.2. The average molecular weight is 1130 g/mol. The van der Waals surface area contributed by atoms with Gasteiger partial charge in [-0.15, -0.1) is 0 Å². The molecule has 0 aromatic carbocycles. The smallest absolute Gasteiger partial charge is 0.386 e. The summed E-state index contributed by atoms with van der Waals surface area (Å²) in [5.41, 5.74) is 4.25. The van der Waals surface area contributed by atoms with E-state index in [0.717, 1.165) is 54.7 Å². The number of nitrogens with zero attached hydrogens (tertiary/aromatic N) is 4. The van der Waals surface area contributed by atoms with E-state index < -0.39 is 84.6 Å². The average Bonchev–Trinajstić information content (AvgIpc) is 3.89. The lowest BCUT2D eigenvalue weighted by molar-refractivity contribution is -0.137. The fraction of sp³-hybridized carbons (Fsp3) is 0.800. The lowest BCUT2D eigenvalue weighted by Gasteiger charge is -2.30.